The lowest BCUT2D eigenvalue weighted by Crippen LogP contribution is -2.25. The first kappa shape index (κ1) is 14.6. The molecule has 2 aromatic carbocycles. The second-order valence-corrected chi connectivity index (χ2v) is 5.24. The lowest BCUT2D eigenvalue weighted by molar-refractivity contribution is 0.0954. The summed E-state index contributed by atoms with van der Waals surface area (Å²) in [4.78, 5) is 13.0. The molecule has 4 heteroatoms. The predicted octanol–water partition coefficient (Wildman–Crippen LogP) is 3.52. The summed E-state index contributed by atoms with van der Waals surface area (Å²) in [5, 5.41) is 2.86. The first-order valence-corrected chi connectivity index (χ1v) is 7.58. The van der Waals surface area contributed by atoms with Crippen molar-refractivity contribution in [1.29, 1.82) is 0 Å². The number of thioether (sulfide) groups is 1. The molecular formula is C16H16FNOS. The molecule has 20 heavy (non-hydrogen) atoms. The van der Waals surface area contributed by atoms with Crippen molar-refractivity contribution in [2.75, 3.05) is 12.8 Å². The van der Waals surface area contributed by atoms with Crippen molar-refractivity contribution in [2.45, 2.75) is 11.3 Å². The molecule has 2 nitrogen and oxygen atoms in total. The highest BCUT2D eigenvalue weighted by Gasteiger charge is 2.04. The van der Waals surface area contributed by atoms with Gasteiger partial charge in [0.25, 0.3) is 5.91 Å². The average molecular weight is 289 g/mol. The third-order valence-corrected chi connectivity index (χ3v) is 3.71. The molecule has 0 unspecified atom stereocenters. The fraction of sp³-hybridized carbons (Fsp3) is 0.188. The van der Waals surface area contributed by atoms with Gasteiger partial charge < -0.3 is 5.32 Å². The van der Waals surface area contributed by atoms with Crippen LogP contribution in [0.5, 0.6) is 0 Å². The monoisotopic (exact) mass is 289 g/mol. The average Bonchev–Trinajstić information content (AvgIpc) is 2.49. The molecule has 0 saturated carbocycles. The fourth-order valence-electron chi connectivity index (χ4n) is 1.82. The van der Waals surface area contributed by atoms with Crippen LogP contribution in [-0.2, 0) is 6.42 Å². The molecule has 0 fully saturated rings. The van der Waals surface area contributed by atoms with Crippen molar-refractivity contribution in [1.82, 2.24) is 5.32 Å². The van der Waals surface area contributed by atoms with E-state index in [1.54, 1.807) is 23.9 Å². The predicted molar refractivity (Wildman–Crippen MR) is 80.7 cm³/mol. The minimum atomic E-state index is -0.244. The molecule has 1 N–H and O–H groups in total. The van der Waals surface area contributed by atoms with Gasteiger partial charge in [-0.1, -0.05) is 12.1 Å². The van der Waals surface area contributed by atoms with E-state index in [1.165, 1.54) is 12.1 Å². The van der Waals surface area contributed by atoms with E-state index in [0.717, 1.165) is 10.5 Å². The molecule has 0 aromatic heterocycles. The molecular weight excluding hydrogens is 273 g/mol. The van der Waals surface area contributed by atoms with Gasteiger partial charge in [0.15, 0.2) is 0 Å². The van der Waals surface area contributed by atoms with Gasteiger partial charge in [0.05, 0.1) is 0 Å². The van der Waals surface area contributed by atoms with E-state index in [4.69, 9.17) is 0 Å². The lowest BCUT2D eigenvalue weighted by atomic mass is 10.1. The summed E-state index contributed by atoms with van der Waals surface area (Å²) in [5.41, 5.74) is 1.66. The van der Waals surface area contributed by atoms with Crippen molar-refractivity contribution in [3.05, 3.63) is 65.5 Å². The molecule has 0 heterocycles. The van der Waals surface area contributed by atoms with Crippen molar-refractivity contribution in [3.63, 3.8) is 0 Å². The van der Waals surface area contributed by atoms with Gasteiger partial charge in [-0.15, -0.1) is 11.8 Å². The van der Waals surface area contributed by atoms with E-state index in [2.05, 4.69) is 5.32 Å². The topological polar surface area (TPSA) is 29.1 Å². The first-order valence-electron chi connectivity index (χ1n) is 6.36. The van der Waals surface area contributed by atoms with Gasteiger partial charge in [-0.3, -0.25) is 4.79 Å². The van der Waals surface area contributed by atoms with E-state index in [0.29, 0.717) is 18.5 Å². The summed E-state index contributed by atoms with van der Waals surface area (Å²) in [6.07, 6.45) is 2.69. The molecule has 2 aromatic rings. The second kappa shape index (κ2) is 7.10. The van der Waals surface area contributed by atoms with E-state index in [1.807, 2.05) is 30.5 Å². The van der Waals surface area contributed by atoms with E-state index >= 15 is 0 Å². The quantitative estimate of drug-likeness (QED) is 0.853. The number of rotatable bonds is 5. The van der Waals surface area contributed by atoms with Crippen molar-refractivity contribution >= 4 is 17.7 Å². The summed E-state index contributed by atoms with van der Waals surface area (Å²) in [6.45, 7) is 0.536. The molecule has 0 radical (unpaired) electrons. The molecule has 0 bridgehead atoms. The minimum Gasteiger partial charge on any atom is -0.352 e. The van der Waals surface area contributed by atoms with E-state index < -0.39 is 0 Å². The van der Waals surface area contributed by atoms with Crippen LogP contribution in [0, 0.1) is 5.82 Å². The van der Waals surface area contributed by atoms with Crippen LogP contribution in [0.25, 0.3) is 0 Å². The van der Waals surface area contributed by atoms with Crippen LogP contribution in [0.1, 0.15) is 15.9 Å². The summed E-state index contributed by atoms with van der Waals surface area (Å²) < 4.78 is 12.7. The largest absolute Gasteiger partial charge is 0.352 e. The Bertz CT molecular complexity index is 566. The first-order chi connectivity index (χ1) is 9.69. The van der Waals surface area contributed by atoms with Crippen LogP contribution >= 0.6 is 11.8 Å². The Balaban J connectivity index is 1.83. The third kappa shape index (κ3) is 4.10. The minimum absolute atomic E-state index is 0.0836. The van der Waals surface area contributed by atoms with Gasteiger partial charge in [0.1, 0.15) is 5.82 Å². The van der Waals surface area contributed by atoms with Crippen LogP contribution in [0.4, 0.5) is 4.39 Å². The zero-order valence-electron chi connectivity index (χ0n) is 11.2. The molecule has 0 atom stereocenters. The fourth-order valence-corrected chi connectivity index (χ4v) is 2.22. The molecule has 2 rings (SSSR count). The zero-order valence-corrected chi connectivity index (χ0v) is 12.0. The Morgan fingerprint density at radius 2 is 1.75 bits per heavy atom. The Hall–Kier alpha value is -1.81. The van der Waals surface area contributed by atoms with Crippen molar-refractivity contribution < 1.29 is 9.18 Å². The van der Waals surface area contributed by atoms with Crippen LogP contribution < -0.4 is 5.32 Å². The van der Waals surface area contributed by atoms with Crippen molar-refractivity contribution in [2.24, 2.45) is 0 Å². The highest BCUT2D eigenvalue weighted by atomic mass is 32.2. The molecule has 0 saturated heterocycles. The van der Waals surface area contributed by atoms with Crippen LogP contribution in [-0.4, -0.2) is 18.7 Å². The van der Waals surface area contributed by atoms with Gasteiger partial charge in [0, 0.05) is 17.0 Å². The zero-order chi connectivity index (χ0) is 14.4. The maximum absolute atomic E-state index is 12.7. The third-order valence-electron chi connectivity index (χ3n) is 2.96. The number of carbonyl (C=O) groups excluding carboxylic acids is 1. The SMILES string of the molecule is CSc1ccc(C(=O)NCCc2ccc(F)cc2)cc1. The van der Waals surface area contributed by atoms with Gasteiger partial charge in [-0.25, -0.2) is 4.39 Å². The van der Waals surface area contributed by atoms with E-state index in [-0.39, 0.29) is 11.7 Å². The van der Waals surface area contributed by atoms with Crippen molar-refractivity contribution in [3.8, 4) is 0 Å². The van der Waals surface area contributed by atoms with Gasteiger partial charge in [0.2, 0.25) is 0 Å². The highest BCUT2D eigenvalue weighted by molar-refractivity contribution is 7.98. The normalized spacial score (nSPS) is 10.3. The number of benzene rings is 2. The van der Waals surface area contributed by atoms with Crippen LogP contribution in [0.2, 0.25) is 0 Å². The van der Waals surface area contributed by atoms with E-state index in [9.17, 15) is 9.18 Å². The number of carbonyl (C=O) groups is 1. The summed E-state index contributed by atoms with van der Waals surface area (Å²) in [7, 11) is 0. The Morgan fingerprint density at radius 3 is 2.35 bits per heavy atom. The Labute approximate surface area is 122 Å². The number of halogens is 1. The Kier molecular flexibility index (Phi) is 5.18. The molecule has 104 valence electrons. The summed E-state index contributed by atoms with van der Waals surface area (Å²) >= 11 is 1.64. The summed E-state index contributed by atoms with van der Waals surface area (Å²) in [5.74, 6) is -0.327. The van der Waals surface area contributed by atoms with Gasteiger partial charge in [-0.05, 0) is 54.6 Å². The number of hydrogen-bond acceptors (Lipinski definition) is 2. The maximum atomic E-state index is 12.7. The highest BCUT2D eigenvalue weighted by Crippen LogP contribution is 2.14. The van der Waals surface area contributed by atoms with Gasteiger partial charge >= 0.3 is 0 Å². The van der Waals surface area contributed by atoms with Crippen LogP contribution in [0.3, 0.4) is 0 Å². The lowest BCUT2D eigenvalue weighted by Gasteiger charge is -2.06. The number of hydrogen-bond donors (Lipinski definition) is 1. The standard InChI is InChI=1S/C16H16FNOS/c1-20-15-8-4-13(5-9-15)16(19)18-11-10-12-2-6-14(17)7-3-12/h2-9H,10-11H2,1H3,(H,18,19). The summed E-state index contributed by atoms with van der Waals surface area (Å²) in [6, 6.07) is 13.8. The molecule has 0 aliphatic rings. The molecule has 0 spiro atoms. The molecule has 0 aliphatic heterocycles. The molecule has 0 aliphatic carbocycles. The van der Waals surface area contributed by atoms with Crippen LogP contribution in [0.15, 0.2) is 53.4 Å². The Morgan fingerprint density at radius 1 is 1.10 bits per heavy atom. The molecule has 1 amide bonds. The second-order valence-electron chi connectivity index (χ2n) is 4.36. The number of amides is 1. The van der Waals surface area contributed by atoms with Gasteiger partial charge in [-0.2, -0.15) is 0 Å². The smallest absolute Gasteiger partial charge is 0.251 e. The number of nitrogens with one attached hydrogen (secondary N) is 1. The maximum Gasteiger partial charge on any atom is 0.251 e.